The lowest BCUT2D eigenvalue weighted by Gasteiger charge is -2.31. The Labute approximate surface area is 171 Å². The molecule has 0 bridgehead atoms. The number of halogens is 2. The average molecular weight is 449 g/mol. The van der Waals surface area contributed by atoms with Crippen LogP contribution in [0.5, 0.6) is 5.75 Å². The Kier molecular flexibility index (Phi) is 6.34. The molecule has 2 aromatic carbocycles. The van der Waals surface area contributed by atoms with Crippen LogP contribution in [0.2, 0.25) is 0 Å². The molecule has 0 unspecified atom stereocenters. The van der Waals surface area contributed by atoms with Crippen LogP contribution in [0.1, 0.15) is 34.3 Å². The van der Waals surface area contributed by atoms with Gasteiger partial charge in [-0.05, 0) is 55.2 Å². The van der Waals surface area contributed by atoms with Gasteiger partial charge in [-0.1, -0.05) is 28.1 Å². The first-order valence-electron chi connectivity index (χ1n) is 9.15. The van der Waals surface area contributed by atoms with Crippen molar-refractivity contribution in [2.45, 2.75) is 26.3 Å². The van der Waals surface area contributed by atoms with E-state index in [4.69, 9.17) is 0 Å². The molecule has 5 nitrogen and oxygen atoms in total. The molecule has 2 aromatic rings. The fourth-order valence-electron chi connectivity index (χ4n) is 3.28. The number of carbonyl (C=O) groups excluding carboxylic acids is 2. The summed E-state index contributed by atoms with van der Waals surface area (Å²) < 4.78 is 14.3. The summed E-state index contributed by atoms with van der Waals surface area (Å²) in [6.45, 7) is 2.87. The number of phenols is 1. The molecule has 1 aliphatic heterocycles. The number of hydrogen-bond acceptors (Lipinski definition) is 3. The third kappa shape index (κ3) is 4.70. The lowest BCUT2D eigenvalue weighted by atomic mass is 9.95. The molecule has 1 fully saturated rings. The first-order chi connectivity index (χ1) is 13.3. The fraction of sp³-hybridized carbons (Fsp3) is 0.333. The van der Waals surface area contributed by atoms with Crippen LogP contribution in [0.3, 0.4) is 0 Å². The Bertz CT molecular complexity index is 895. The molecule has 0 spiro atoms. The van der Waals surface area contributed by atoms with Crippen LogP contribution in [0.25, 0.3) is 0 Å². The predicted molar refractivity (Wildman–Crippen MR) is 107 cm³/mol. The second-order valence-corrected chi connectivity index (χ2v) is 7.94. The van der Waals surface area contributed by atoms with Gasteiger partial charge in [-0.15, -0.1) is 0 Å². The van der Waals surface area contributed by atoms with E-state index in [1.807, 2.05) is 0 Å². The third-order valence-corrected chi connectivity index (χ3v) is 5.54. The molecular weight excluding hydrogens is 427 g/mol. The van der Waals surface area contributed by atoms with Crippen molar-refractivity contribution in [3.05, 3.63) is 63.4 Å². The van der Waals surface area contributed by atoms with Gasteiger partial charge in [-0.25, -0.2) is 4.39 Å². The van der Waals surface area contributed by atoms with E-state index in [1.54, 1.807) is 36.1 Å². The average Bonchev–Trinajstić information content (AvgIpc) is 2.68. The van der Waals surface area contributed by atoms with Crippen molar-refractivity contribution >= 4 is 27.7 Å². The lowest BCUT2D eigenvalue weighted by molar-refractivity contribution is -0.126. The Morgan fingerprint density at radius 3 is 2.57 bits per heavy atom. The molecule has 0 radical (unpaired) electrons. The molecule has 148 valence electrons. The number of likely N-dealkylation sites (tertiary alicyclic amines) is 1. The van der Waals surface area contributed by atoms with E-state index in [-0.39, 0.29) is 41.4 Å². The molecule has 0 saturated carbocycles. The van der Waals surface area contributed by atoms with E-state index in [1.165, 1.54) is 12.1 Å². The standard InChI is InChI=1S/C21H22BrFN2O3/c1-13-2-3-14(10-18(13)23)12-24-20(27)15-6-8-25(9-7-15)21(28)17-5-4-16(22)11-19(17)26/h2-5,10-11,15,26H,6-9,12H2,1H3,(H,24,27). The highest BCUT2D eigenvalue weighted by atomic mass is 79.9. The zero-order valence-corrected chi connectivity index (χ0v) is 17.1. The first kappa shape index (κ1) is 20.3. The maximum Gasteiger partial charge on any atom is 0.257 e. The molecule has 28 heavy (non-hydrogen) atoms. The highest BCUT2D eigenvalue weighted by Gasteiger charge is 2.28. The molecule has 0 atom stereocenters. The SMILES string of the molecule is Cc1ccc(CNC(=O)C2CCN(C(=O)c3ccc(Br)cc3O)CC2)cc1F. The van der Waals surface area contributed by atoms with Gasteiger partial charge in [0, 0.05) is 30.0 Å². The minimum absolute atomic E-state index is 0.0652. The van der Waals surface area contributed by atoms with Crippen LogP contribution in [-0.4, -0.2) is 34.9 Å². The number of aromatic hydroxyl groups is 1. The number of piperidine rings is 1. The minimum Gasteiger partial charge on any atom is -0.507 e. The summed E-state index contributed by atoms with van der Waals surface area (Å²) in [7, 11) is 0. The van der Waals surface area contributed by atoms with E-state index < -0.39 is 0 Å². The number of amides is 2. The van der Waals surface area contributed by atoms with Crippen LogP contribution in [0.15, 0.2) is 40.9 Å². The largest absolute Gasteiger partial charge is 0.507 e. The van der Waals surface area contributed by atoms with Crippen molar-refractivity contribution in [1.82, 2.24) is 10.2 Å². The summed E-state index contributed by atoms with van der Waals surface area (Å²) in [5.74, 6) is -0.851. The molecule has 2 amide bonds. The normalized spacial score (nSPS) is 14.8. The number of nitrogens with one attached hydrogen (secondary N) is 1. The summed E-state index contributed by atoms with van der Waals surface area (Å²) >= 11 is 3.25. The van der Waals surface area contributed by atoms with Gasteiger partial charge in [0.15, 0.2) is 0 Å². The number of hydrogen-bond donors (Lipinski definition) is 2. The summed E-state index contributed by atoms with van der Waals surface area (Å²) in [5.41, 5.74) is 1.55. The maximum atomic E-state index is 13.6. The molecule has 1 aliphatic rings. The van der Waals surface area contributed by atoms with Crippen molar-refractivity contribution < 1.29 is 19.1 Å². The number of benzene rings is 2. The number of aryl methyl sites for hydroxylation is 1. The monoisotopic (exact) mass is 448 g/mol. The smallest absolute Gasteiger partial charge is 0.257 e. The number of phenolic OH excluding ortho intramolecular Hbond substituents is 1. The zero-order chi connectivity index (χ0) is 20.3. The van der Waals surface area contributed by atoms with Gasteiger partial charge in [0.05, 0.1) is 5.56 Å². The second kappa shape index (κ2) is 8.73. The van der Waals surface area contributed by atoms with Crippen LogP contribution in [0.4, 0.5) is 4.39 Å². The zero-order valence-electron chi connectivity index (χ0n) is 15.5. The van der Waals surface area contributed by atoms with Gasteiger partial charge in [0.25, 0.3) is 5.91 Å². The molecule has 0 aliphatic carbocycles. The molecular formula is C21H22BrFN2O3. The third-order valence-electron chi connectivity index (χ3n) is 5.05. The fourth-order valence-corrected chi connectivity index (χ4v) is 3.63. The van der Waals surface area contributed by atoms with E-state index in [0.717, 1.165) is 5.56 Å². The van der Waals surface area contributed by atoms with Gasteiger partial charge < -0.3 is 15.3 Å². The van der Waals surface area contributed by atoms with Crippen molar-refractivity contribution in [3.8, 4) is 5.75 Å². The molecule has 7 heteroatoms. The van der Waals surface area contributed by atoms with Crippen LogP contribution in [-0.2, 0) is 11.3 Å². The van der Waals surface area contributed by atoms with Crippen molar-refractivity contribution in [2.75, 3.05) is 13.1 Å². The van der Waals surface area contributed by atoms with E-state index in [0.29, 0.717) is 36.0 Å². The molecule has 1 heterocycles. The van der Waals surface area contributed by atoms with Gasteiger partial charge >= 0.3 is 0 Å². The highest BCUT2D eigenvalue weighted by Crippen LogP contribution is 2.26. The van der Waals surface area contributed by atoms with Crippen molar-refractivity contribution in [1.29, 1.82) is 0 Å². The number of rotatable bonds is 4. The van der Waals surface area contributed by atoms with Crippen molar-refractivity contribution in [2.24, 2.45) is 5.92 Å². The minimum atomic E-state index is -0.283. The number of carbonyl (C=O) groups is 2. The molecule has 3 rings (SSSR count). The first-order valence-corrected chi connectivity index (χ1v) is 9.95. The topological polar surface area (TPSA) is 69.6 Å². The Morgan fingerprint density at radius 1 is 1.21 bits per heavy atom. The van der Waals surface area contributed by atoms with Crippen LogP contribution < -0.4 is 5.32 Å². The highest BCUT2D eigenvalue weighted by molar-refractivity contribution is 9.10. The summed E-state index contributed by atoms with van der Waals surface area (Å²) in [5, 5.41) is 12.8. The van der Waals surface area contributed by atoms with Gasteiger partial charge in [-0.3, -0.25) is 9.59 Å². The molecule has 1 saturated heterocycles. The van der Waals surface area contributed by atoms with Gasteiger partial charge in [0.2, 0.25) is 5.91 Å². The summed E-state index contributed by atoms with van der Waals surface area (Å²) in [6, 6.07) is 9.70. The van der Waals surface area contributed by atoms with Crippen molar-refractivity contribution in [3.63, 3.8) is 0 Å². The Balaban J connectivity index is 1.52. The Morgan fingerprint density at radius 2 is 1.93 bits per heavy atom. The molecule has 2 N–H and O–H groups in total. The molecule has 0 aromatic heterocycles. The quantitative estimate of drug-likeness (QED) is 0.747. The summed E-state index contributed by atoms with van der Waals surface area (Å²) in [4.78, 5) is 26.7. The summed E-state index contributed by atoms with van der Waals surface area (Å²) in [6.07, 6.45) is 1.11. The van der Waals surface area contributed by atoms with E-state index in [2.05, 4.69) is 21.2 Å². The second-order valence-electron chi connectivity index (χ2n) is 7.03. The van der Waals surface area contributed by atoms with Crippen LogP contribution in [0, 0.1) is 18.7 Å². The Hall–Kier alpha value is -2.41. The van der Waals surface area contributed by atoms with Crippen LogP contribution >= 0.6 is 15.9 Å². The van der Waals surface area contributed by atoms with Gasteiger partial charge in [0.1, 0.15) is 11.6 Å². The van der Waals surface area contributed by atoms with Gasteiger partial charge in [-0.2, -0.15) is 0 Å². The maximum absolute atomic E-state index is 13.6. The number of nitrogens with zero attached hydrogens (tertiary/aromatic N) is 1. The van der Waals surface area contributed by atoms with E-state index >= 15 is 0 Å². The van der Waals surface area contributed by atoms with E-state index in [9.17, 15) is 19.1 Å². The lowest BCUT2D eigenvalue weighted by Crippen LogP contribution is -2.43. The predicted octanol–water partition coefficient (Wildman–Crippen LogP) is 3.77.